The lowest BCUT2D eigenvalue weighted by Crippen LogP contribution is -2.15. The number of halogens is 1. The van der Waals surface area contributed by atoms with Gasteiger partial charge in [-0.2, -0.15) is 5.10 Å². The Morgan fingerprint density at radius 2 is 1.32 bits per heavy atom. The summed E-state index contributed by atoms with van der Waals surface area (Å²) in [7, 11) is -7.74. The van der Waals surface area contributed by atoms with Crippen molar-refractivity contribution < 1.29 is 21.2 Å². The van der Waals surface area contributed by atoms with Gasteiger partial charge in [-0.3, -0.25) is 14.5 Å². The molecule has 3 aromatic rings. The third-order valence-electron chi connectivity index (χ3n) is 3.84. The Bertz CT molecular complexity index is 1180. The quantitative estimate of drug-likeness (QED) is 0.562. The fourth-order valence-electron chi connectivity index (χ4n) is 2.58. The Balaban J connectivity index is 1.78. The van der Waals surface area contributed by atoms with Crippen LogP contribution in [0.15, 0.2) is 58.3 Å². The van der Waals surface area contributed by atoms with Crippen LogP contribution in [0.25, 0.3) is 0 Å². The van der Waals surface area contributed by atoms with Gasteiger partial charge in [0.05, 0.1) is 16.3 Å². The van der Waals surface area contributed by atoms with E-state index >= 15 is 0 Å². The number of rotatable bonds is 6. The first-order valence-corrected chi connectivity index (χ1v) is 11.0. The molecule has 148 valence electrons. The van der Waals surface area contributed by atoms with Crippen molar-refractivity contribution >= 4 is 31.4 Å². The lowest BCUT2D eigenvalue weighted by atomic mass is 10.3. The highest BCUT2D eigenvalue weighted by Gasteiger charge is 2.22. The van der Waals surface area contributed by atoms with Crippen molar-refractivity contribution in [1.82, 2.24) is 10.2 Å². The second kappa shape index (κ2) is 7.24. The normalized spacial score (nSPS) is 12.0. The number of nitrogens with zero attached hydrogens (tertiary/aromatic N) is 1. The molecule has 0 saturated heterocycles. The summed E-state index contributed by atoms with van der Waals surface area (Å²) in [5.41, 5.74) is 1.23. The molecule has 3 rings (SSSR count). The van der Waals surface area contributed by atoms with Crippen LogP contribution < -0.4 is 9.44 Å². The molecule has 0 fully saturated rings. The molecule has 28 heavy (non-hydrogen) atoms. The van der Waals surface area contributed by atoms with Crippen molar-refractivity contribution in [3.05, 3.63) is 65.7 Å². The Kier molecular flexibility index (Phi) is 5.13. The summed E-state index contributed by atoms with van der Waals surface area (Å²) in [5.74, 6) is -0.543. The zero-order chi connectivity index (χ0) is 20.5. The summed E-state index contributed by atoms with van der Waals surface area (Å²) in [6, 6.07) is 10.1. The maximum absolute atomic E-state index is 13.0. The molecule has 8 nitrogen and oxygen atoms in total. The van der Waals surface area contributed by atoms with Gasteiger partial charge in [-0.25, -0.2) is 21.2 Å². The van der Waals surface area contributed by atoms with E-state index < -0.39 is 25.9 Å². The lowest BCUT2D eigenvalue weighted by Gasteiger charge is -2.11. The van der Waals surface area contributed by atoms with Gasteiger partial charge < -0.3 is 0 Å². The number of aromatic nitrogens is 2. The molecule has 0 saturated carbocycles. The second-order valence-corrected chi connectivity index (χ2v) is 9.31. The molecular weight excluding hydrogens is 407 g/mol. The third-order valence-corrected chi connectivity index (χ3v) is 6.88. The number of hydrogen-bond acceptors (Lipinski definition) is 5. The van der Waals surface area contributed by atoms with E-state index in [0.717, 1.165) is 24.3 Å². The van der Waals surface area contributed by atoms with Gasteiger partial charge in [0.15, 0.2) is 0 Å². The summed E-state index contributed by atoms with van der Waals surface area (Å²) in [6.45, 7) is 3.17. The zero-order valence-corrected chi connectivity index (χ0v) is 16.5. The van der Waals surface area contributed by atoms with Crippen molar-refractivity contribution in [2.24, 2.45) is 0 Å². The molecule has 0 aliphatic carbocycles. The van der Waals surface area contributed by atoms with Crippen molar-refractivity contribution in [3.8, 4) is 0 Å². The average molecular weight is 424 g/mol. The second-order valence-electron chi connectivity index (χ2n) is 6.01. The van der Waals surface area contributed by atoms with Crippen LogP contribution in [0.1, 0.15) is 11.4 Å². The van der Waals surface area contributed by atoms with Gasteiger partial charge in [0.25, 0.3) is 20.0 Å². The first-order chi connectivity index (χ1) is 13.1. The molecular formula is C17H17FN4O4S2. The molecule has 0 aliphatic heterocycles. The van der Waals surface area contributed by atoms with Crippen LogP contribution in [0.3, 0.4) is 0 Å². The van der Waals surface area contributed by atoms with Crippen molar-refractivity contribution in [1.29, 1.82) is 0 Å². The standard InChI is InChI=1S/C17H17FN4O4S2/c1-11-17(12(2)20-19-11)28(25,26)22-15-7-5-14(6-8-15)21-27(23,24)16-9-3-13(18)4-10-16/h3-10,21-22H,1-2H3,(H,19,20). The fourth-order valence-corrected chi connectivity index (χ4v) is 5.07. The summed E-state index contributed by atoms with van der Waals surface area (Å²) in [4.78, 5) is -0.0295. The molecule has 0 unspecified atom stereocenters. The molecule has 11 heteroatoms. The molecule has 0 amide bonds. The number of benzene rings is 2. The van der Waals surface area contributed by atoms with Crippen LogP contribution in [0, 0.1) is 19.7 Å². The van der Waals surface area contributed by atoms with Crippen molar-refractivity contribution in [2.75, 3.05) is 9.44 Å². The number of anilines is 2. The van der Waals surface area contributed by atoms with Crippen LogP contribution in [-0.4, -0.2) is 27.0 Å². The molecule has 3 N–H and O–H groups in total. The fraction of sp³-hybridized carbons (Fsp3) is 0.118. The number of hydrogen-bond donors (Lipinski definition) is 3. The topological polar surface area (TPSA) is 121 Å². The van der Waals surface area contributed by atoms with Gasteiger partial charge >= 0.3 is 0 Å². The van der Waals surface area contributed by atoms with Gasteiger partial charge in [-0.05, 0) is 62.4 Å². The van der Waals surface area contributed by atoms with Gasteiger partial charge in [-0.1, -0.05) is 0 Å². The van der Waals surface area contributed by atoms with E-state index in [2.05, 4.69) is 19.6 Å². The molecule has 1 aromatic heterocycles. The van der Waals surface area contributed by atoms with Crippen LogP contribution in [0.2, 0.25) is 0 Å². The molecule has 0 bridgehead atoms. The molecule has 0 aliphatic rings. The minimum Gasteiger partial charge on any atom is -0.281 e. The van der Waals surface area contributed by atoms with E-state index in [1.807, 2.05) is 0 Å². The molecule has 0 atom stereocenters. The summed E-state index contributed by atoms with van der Waals surface area (Å²) < 4.78 is 67.4. The Hall–Kier alpha value is -2.92. The van der Waals surface area contributed by atoms with Gasteiger partial charge in [0.2, 0.25) is 0 Å². The average Bonchev–Trinajstić information content (AvgIpc) is 2.96. The van der Waals surface area contributed by atoms with Gasteiger partial charge in [-0.15, -0.1) is 0 Å². The van der Waals surface area contributed by atoms with E-state index in [4.69, 9.17) is 0 Å². The van der Waals surface area contributed by atoms with E-state index in [9.17, 15) is 21.2 Å². The number of sulfonamides is 2. The van der Waals surface area contributed by atoms with E-state index in [1.165, 1.54) is 24.3 Å². The maximum Gasteiger partial charge on any atom is 0.265 e. The first-order valence-electron chi connectivity index (χ1n) is 8.01. The van der Waals surface area contributed by atoms with Crippen LogP contribution in [0.5, 0.6) is 0 Å². The predicted molar refractivity (Wildman–Crippen MR) is 103 cm³/mol. The highest BCUT2D eigenvalue weighted by atomic mass is 32.2. The predicted octanol–water partition coefficient (Wildman–Crippen LogP) is 2.77. The molecule has 1 heterocycles. The largest absolute Gasteiger partial charge is 0.281 e. The Labute approximate surface area is 161 Å². The lowest BCUT2D eigenvalue weighted by molar-refractivity contribution is 0.598. The Morgan fingerprint density at radius 1 is 0.821 bits per heavy atom. The third kappa shape index (κ3) is 4.15. The molecule has 0 radical (unpaired) electrons. The number of nitrogens with one attached hydrogen (secondary N) is 3. The number of aryl methyl sites for hydroxylation is 2. The minimum absolute atomic E-state index is 0.0635. The Morgan fingerprint density at radius 3 is 1.79 bits per heavy atom. The van der Waals surface area contributed by atoms with E-state index in [0.29, 0.717) is 11.4 Å². The van der Waals surface area contributed by atoms with E-state index in [-0.39, 0.29) is 21.2 Å². The van der Waals surface area contributed by atoms with E-state index in [1.54, 1.807) is 13.8 Å². The minimum atomic E-state index is -3.89. The SMILES string of the molecule is Cc1n[nH]c(C)c1S(=O)(=O)Nc1ccc(NS(=O)(=O)c2ccc(F)cc2)cc1. The molecule has 0 spiro atoms. The smallest absolute Gasteiger partial charge is 0.265 e. The summed E-state index contributed by atoms with van der Waals surface area (Å²) >= 11 is 0. The van der Waals surface area contributed by atoms with Gasteiger partial charge in [0, 0.05) is 11.4 Å². The van der Waals surface area contributed by atoms with Gasteiger partial charge in [0.1, 0.15) is 10.7 Å². The molecule has 2 aromatic carbocycles. The first kappa shape index (κ1) is 19.8. The maximum atomic E-state index is 13.0. The van der Waals surface area contributed by atoms with Crippen molar-refractivity contribution in [3.63, 3.8) is 0 Å². The van der Waals surface area contributed by atoms with Crippen LogP contribution in [0.4, 0.5) is 15.8 Å². The van der Waals surface area contributed by atoms with Crippen molar-refractivity contribution in [2.45, 2.75) is 23.6 Å². The number of aromatic amines is 1. The monoisotopic (exact) mass is 424 g/mol. The van der Waals surface area contributed by atoms with Crippen LogP contribution in [-0.2, 0) is 20.0 Å². The summed E-state index contributed by atoms with van der Waals surface area (Å²) in [5, 5.41) is 6.48. The summed E-state index contributed by atoms with van der Waals surface area (Å²) in [6.07, 6.45) is 0. The van der Waals surface area contributed by atoms with Crippen LogP contribution >= 0.6 is 0 Å². The highest BCUT2D eigenvalue weighted by Crippen LogP contribution is 2.23. The zero-order valence-electron chi connectivity index (χ0n) is 14.9. The number of H-pyrrole nitrogens is 1. The highest BCUT2D eigenvalue weighted by molar-refractivity contribution is 7.93.